The summed E-state index contributed by atoms with van der Waals surface area (Å²) in [4.78, 5) is 28.9. The molecule has 0 aliphatic heterocycles. The van der Waals surface area contributed by atoms with Crippen molar-refractivity contribution >= 4 is 28.5 Å². The molecule has 1 amide bonds. The number of carboxylic acids is 1. The van der Waals surface area contributed by atoms with Crippen LogP contribution in [-0.4, -0.2) is 21.6 Å². The Morgan fingerprint density at radius 1 is 1.03 bits per heavy atom. The minimum absolute atomic E-state index is 0.0169. The Bertz CT molecular complexity index is 1540. The van der Waals surface area contributed by atoms with Gasteiger partial charge < -0.3 is 15.0 Å². The largest absolute Gasteiger partial charge is 0.481 e. The number of carbonyl (C=O) groups is 2. The number of hydrogen-bond donors (Lipinski definition) is 2. The van der Waals surface area contributed by atoms with E-state index in [0.29, 0.717) is 30.1 Å². The molecule has 6 heteroatoms. The molecule has 4 aromatic rings. The predicted octanol–water partition coefficient (Wildman–Crippen LogP) is 7.39. The number of nitrogens with zero attached hydrogens (tertiary/aromatic N) is 2. The second kappa shape index (κ2) is 12.0. The molecule has 200 valence electrons. The summed E-state index contributed by atoms with van der Waals surface area (Å²) in [5, 5.41) is 13.4. The third-order valence-electron chi connectivity index (χ3n) is 6.90. The highest BCUT2D eigenvalue weighted by atomic mass is 16.4. The van der Waals surface area contributed by atoms with Crippen LogP contribution in [0, 0.1) is 26.3 Å². The standard InChI is InChI=1S/C33H35N3O3/c1-21(2)14-29(26-16-22(3)15-23(4)17-26)35-33(39)28-20-36(19-24-8-6-10-27(18-24)34-5)30-11-7-9-25(32(28)30)12-13-31(37)38/h6-11,15-18,20-21,29H,12-14,19H2,1-4H3,(H,35,39)(H,37,38). The molecule has 0 saturated heterocycles. The van der Waals surface area contributed by atoms with E-state index >= 15 is 0 Å². The molecule has 1 unspecified atom stereocenters. The van der Waals surface area contributed by atoms with Crippen molar-refractivity contribution in [1.82, 2.24) is 9.88 Å². The first-order valence-corrected chi connectivity index (χ1v) is 13.3. The van der Waals surface area contributed by atoms with Crippen molar-refractivity contribution in [3.63, 3.8) is 0 Å². The van der Waals surface area contributed by atoms with Gasteiger partial charge in [0.05, 0.1) is 18.2 Å². The molecule has 0 spiro atoms. The van der Waals surface area contributed by atoms with Crippen LogP contribution in [0.1, 0.15) is 70.9 Å². The van der Waals surface area contributed by atoms with Gasteiger partial charge >= 0.3 is 5.97 Å². The maximum atomic E-state index is 14.0. The van der Waals surface area contributed by atoms with Crippen LogP contribution >= 0.6 is 0 Å². The van der Waals surface area contributed by atoms with Gasteiger partial charge in [0.2, 0.25) is 0 Å². The van der Waals surface area contributed by atoms with Crippen LogP contribution in [0.5, 0.6) is 0 Å². The number of carboxylic acid groups (broad SMARTS) is 1. The van der Waals surface area contributed by atoms with Gasteiger partial charge in [-0.1, -0.05) is 79.6 Å². The Morgan fingerprint density at radius 3 is 2.41 bits per heavy atom. The van der Waals surface area contributed by atoms with Crippen LogP contribution in [0.3, 0.4) is 0 Å². The lowest BCUT2D eigenvalue weighted by Crippen LogP contribution is -2.29. The van der Waals surface area contributed by atoms with Crippen molar-refractivity contribution in [1.29, 1.82) is 0 Å². The van der Waals surface area contributed by atoms with Crippen LogP contribution in [0.2, 0.25) is 0 Å². The van der Waals surface area contributed by atoms with E-state index in [1.54, 1.807) is 6.07 Å². The number of fused-ring (bicyclic) bond motifs is 1. The molecule has 1 heterocycles. The summed E-state index contributed by atoms with van der Waals surface area (Å²) in [5.74, 6) is -0.681. The zero-order chi connectivity index (χ0) is 28.1. The zero-order valence-electron chi connectivity index (χ0n) is 23.0. The van der Waals surface area contributed by atoms with Crippen molar-refractivity contribution in [3.05, 3.63) is 112 Å². The molecular formula is C33H35N3O3. The van der Waals surface area contributed by atoms with Gasteiger partial charge in [-0.15, -0.1) is 0 Å². The Morgan fingerprint density at radius 2 is 1.74 bits per heavy atom. The average molecular weight is 522 g/mol. The minimum atomic E-state index is -0.875. The van der Waals surface area contributed by atoms with E-state index in [9.17, 15) is 14.7 Å². The molecule has 2 N–H and O–H groups in total. The lowest BCUT2D eigenvalue weighted by atomic mass is 9.94. The van der Waals surface area contributed by atoms with Gasteiger partial charge in [0.15, 0.2) is 5.69 Å². The normalized spacial score (nSPS) is 11.9. The van der Waals surface area contributed by atoms with Crippen molar-refractivity contribution in [2.24, 2.45) is 5.92 Å². The molecule has 0 saturated carbocycles. The summed E-state index contributed by atoms with van der Waals surface area (Å²) in [6.45, 7) is 16.3. The summed E-state index contributed by atoms with van der Waals surface area (Å²) in [7, 11) is 0. The highest BCUT2D eigenvalue weighted by molar-refractivity contribution is 6.08. The van der Waals surface area contributed by atoms with Gasteiger partial charge in [-0.25, -0.2) is 4.85 Å². The maximum Gasteiger partial charge on any atom is 0.303 e. The van der Waals surface area contributed by atoms with Crippen LogP contribution < -0.4 is 5.32 Å². The van der Waals surface area contributed by atoms with E-state index in [2.05, 4.69) is 56.1 Å². The first-order chi connectivity index (χ1) is 18.6. The van der Waals surface area contributed by atoms with Crippen molar-refractivity contribution < 1.29 is 14.7 Å². The number of amides is 1. The van der Waals surface area contributed by atoms with E-state index in [4.69, 9.17) is 6.57 Å². The van der Waals surface area contributed by atoms with E-state index in [-0.39, 0.29) is 18.4 Å². The summed E-state index contributed by atoms with van der Waals surface area (Å²) < 4.78 is 2.02. The van der Waals surface area contributed by atoms with Gasteiger partial charge in [-0.3, -0.25) is 9.59 Å². The Kier molecular flexibility index (Phi) is 8.51. The third-order valence-corrected chi connectivity index (χ3v) is 6.90. The topological polar surface area (TPSA) is 75.7 Å². The average Bonchev–Trinajstić information content (AvgIpc) is 3.25. The Balaban J connectivity index is 1.78. The first kappa shape index (κ1) is 27.7. The molecular weight excluding hydrogens is 486 g/mol. The van der Waals surface area contributed by atoms with Gasteiger partial charge in [-0.2, -0.15) is 0 Å². The smallest absolute Gasteiger partial charge is 0.303 e. The monoisotopic (exact) mass is 521 g/mol. The quantitative estimate of drug-likeness (QED) is 0.214. The van der Waals surface area contributed by atoms with Crippen molar-refractivity contribution in [3.8, 4) is 0 Å². The SMILES string of the molecule is [C-]#[N+]c1cccc(Cn2cc(C(=O)NC(CC(C)C)c3cc(C)cc(C)c3)c3c(CCC(=O)O)cccc32)c1. The molecule has 0 aliphatic rings. The molecule has 1 atom stereocenters. The number of benzene rings is 3. The zero-order valence-corrected chi connectivity index (χ0v) is 23.0. The maximum absolute atomic E-state index is 14.0. The van der Waals surface area contributed by atoms with E-state index in [0.717, 1.165) is 45.1 Å². The second-order valence-corrected chi connectivity index (χ2v) is 10.7. The molecule has 3 aromatic carbocycles. The third kappa shape index (κ3) is 6.74. The summed E-state index contributed by atoms with van der Waals surface area (Å²) in [6.07, 6.45) is 2.97. The van der Waals surface area contributed by atoms with Gasteiger partial charge in [0.1, 0.15) is 0 Å². The lowest BCUT2D eigenvalue weighted by molar-refractivity contribution is -0.136. The van der Waals surface area contributed by atoms with Crippen LogP contribution in [0.25, 0.3) is 15.7 Å². The minimum Gasteiger partial charge on any atom is -0.481 e. The van der Waals surface area contributed by atoms with Crippen LogP contribution in [0.15, 0.2) is 66.9 Å². The Hall–Kier alpha value is -4.37. The summed E-state index contributed by atoms with van der Waals surface area (Å²) >= 11 is 0. The fourth-order valence-corrected chi connectivity index (χ4v) is 5.30. The second-order valence-electron chi connectivity index (χ2n) is 10.7. The molecule has 0 bridgehead atoms. The number of nitrogens with one attached hydrogen (secondary N) is 1. The Labute approximate surface area is 230 Å². The number of carbonyl (C=O) groups excluding carboxylic acids is 1. The van der Waals surface area contributed by atoms with Gasteiger partial charge in [0, 0.05) is 30.1 Å². The highest BCUT2D eigenvalue weighted by Gasteiger charge is 2.23. The van der Waals surface area contributed by atoms with Crippen molar-refractivity contribution in [2.75, 3.05) is 0 Å². The van der Waals surface area contributed by atoms with Crippen LogP contribution in [0.4, 0.5) is 5.69 Å². The number of hydrogen-bond acceptors (Lipinski definition) is 2. The number of rotatable bonds is 10. The first-order valence-electron chi connectivity index (χ1n) is 13.3. The summed E-state index contributed by atoms with van der Waals surface area (Å²) in [5.41, 5.74) is 7.14. The predicted molar refractivity (Wildman–Crippen MR) is 155 cm³/mol. The van der Waals surface area contributed by atoms with Gasteiger partial charge in [-0.05, 0) is 55.4 Å². The molecule has 4 rings (SSSR count). The van der Waals surface area contributed by atoms with E-state index < -0.39 is 5.97 Å². The fourth-order valence-electron chi connectivity index (χ4n) is 5.30. The molecule has 0 fully saturated rings. The number of aryl methyl sites for hydroxylation is 3. The molecule has 1 aromatic heterocycles. The summed E-state index contributed by atoms with van der Waals surface area (Å²) in [6, 6.07) is 19.5. The molecule has 0 radical (unpaired) electrons. The number of aromatic nitrogens is 1. The molecule has 39 heavy (non-hydrogen) atoms. The lowest BCUT2D eigenvalue weighted by Gasteiger charge is -2.22. The molecule has 0 aliphatic carbocycles. The van der Waals surface area contributed by atoms with E-state index in [1.807, 2.05) is 47.2 Å². The molecule has 6 nitrogen and oxygen atoms in total. The van der Waals surface area contributed by atoms with Crippen LogP contribution in [-0.2, 0) is 17.8 Å². The van der Waals surface area contributed by atoms with E-state index in [1.165, 1.54) is 0 Å². The number of aliphatic carboxylic acids is 1. The van der Waals surface area contributed by atoms with Crippen molar-refractivity contribution in [2.45, 2.75) is 59.5 Å². The van der Waals surface area contributed by atoms with Gasteiger partial charge in [0.25, 0.3) is 5.91 Å². The fraction of sp³-hybridized carbons (Fsp3) is 0.303. The highest BCUT2D eigenvalue weighted by Crippen LogP contribution is 2.30.